The number of amides is 1. The van der Waals surface area contributed by atoms with Gasteiger partial charge in [-0.2, -0.15) is 0 Å². The van der Waals surface area contributed by atoms with E-state index in [-0.39, 0.29) is 50.5 Å². The highest BCUT2D eigenvalue weighted by Gasteiger charge is 2.69. The van der Waals surface area contributed by atoms with E-state index in [2.05, 4.69) is 91.0 Å². The molecule has 0 bridgehead atoms. The SMILES string of the molecule is CC(=O)O[C@H]1CC[C@]2(C)[C@H]3CC=C4[C@@H]5CC(C)(C)CC[C@]5(C(=O)Nc5ccc(C)cc5)CC[C@@]4(C)[C@]3(C)CC[C@H]2C1(C)C. The van der Waals surface area contributed by atoms with Crippen LogP contribution >= 0.6 is 0 Å². The molecule has 43 heavy (non-hydrogen) atoms. The molecule has 6 rings (SSSR count). The van der Waals surface area contributed by atoms with E-state index in [1.807, 2.05) is 0 Å². The number of allylic oxidation sites excluding steroid dienone is 2. The van der Waals surface area contributed by atoms with E-state index in [9.17, 15) is 9.59 Å². The maximum Gasteiger partial charge on any atom is 0.302 e. The zero-order valence-corrected chi connectivity index (χ0v) is 28.5. The largest absolute Gasteiger partial charge is 0.462 e. The van der Waals surface area contributed by atoms with Crippen molar-refractivity contribution >= 4 is 17.6 Å². The maximum absolute atomic E-state index is 14.4. The smallest absolute Gasteiger partial charge is 0.302 e. The Kier molecular flexibility index (Phi) is 7.15. The van der Waals surface area contributed by atoms with Gasteiger partial charge in [0.15, 0.2) is 0 Å². The maximum atomic E-state index is 14.4. The second-order valence-electron chi connectivity index (χ2n) is 17.6. The van der Waals surface area contributed by atoms with Gasteiger partial charge < -0.3 is 10.1 Å². The van der Waals surface area contributed by atoms with Gasteiger partial charge in [0.2, 0.25) is 5.91 Å². The van der Waals surface area contributed by atoms with Crippen LogP contribution in [0.1, 0.15) is 125 Å². The Morgan fingerprint density at radius 1 is 0.837 bits per heavy atom. The third-order valence-electron chi connectivity index (χ3n) is 14.6. The van der Waals surface area contributed by atoms with E-state index in [0.717, 1.165) is 57.1 Å². The molecule has 0 saturated heterocycles. The molecule has 236 valence electrons. The molecule has 1 aromatic carbocycles. The van der Waals surface area contributed by atoms with Crippen LogP contribution in [0.25, 0.3) is 0 Å². The first-order valence-corrected chi connectivity index (χ1v) is 17.2. The number of benzene rings is 1. The third kappa shape index (κ3) is 4.50. The van der Waals surface area contributed by atoms with E-state index in [4.69, 9.17) is 4.74 Å². The molecule has 1 amide bonds. The minimum Gasteiger partial charge on any atom is -0.462 e. The lowest BCUT2D eigenvalue weighted by Gasteiger charge is -2.71. The Morgan fingerprint density at radius 2 is 1.51 bits per heavy atom. The number of hydrogen-bond acceptors (Lipinski definition) is 3. The van der Waals surface area contributed by atoms with Gasteiger partial charge in [-0.3, -0.25) is 9.59 Å². The van der Waals surface area contributed by atoms with Crippen LogP contribution in [0.3, 0.4) is 0 Å². The highest BCUT2D eigenvalue weighted by atomic mass is 16.5. The van der Waals surface area contributed by atoms with E-state index in [0.29, 0.717) is 17.8 Å². The van der Waals surface area contributed by atoms with Gasteiger partial charge in [-0.05, 0) is 123 Å². The molecule has 0 aromatic heterocycles. The molecular weight excluding hydrogens is 530 g/mol. The number of nitrogens with one attached hydrogen (secondary N) is 1. The number of fused-ring (bicyclic) bond motifs is 7. The van der Waals surface area contributed by atoms with Crippen molar-refractivity contribution < 1.29 is 14.3 Å². The van der Waals surface area contributed by atoms with Crippen molar-refractivity contribution in [3.8, 4) is 0 Å². The van der Waals surface area contributed by atoms with Crippen LogP contribution in [-0.2, 0) is 14.3 Å². The van der Waals surface area contributed by atoms with Gasteiger partial charge in [-0.15, -0.1) is 0 Å². The summed E-state index contributed by atoms with van der Waals surface area (Å²) in [5.41, 5.74) is 4.10. The summed E-state index contributed by atoms with van der Waals surface area (Å²) in [4.78, 5) is 26.4. The molecule has 1 aromatic rings. The molecule has 8 atom stereocenters. The molecule has 4 nitrogen and oxygen atoms in total. The number of carbonyl (C=O) groups is 2. The number of hydrogen-bond donors (Lipinski definition) is 1. The fourth-order valence-electron chi connectivity index (χ4n) is 11.9. The van der Waals surface area contributed by atoms with E-state index >= 15 is 0 Å². The highest BCUT2D eigenvalue weighted by Crippen LogP contribution is 2.76. The molecule has 0 aliphatic heterocycles. The number of carbonyl (C=O) groups excluding carboxylic acids is 2. The summed E-state index contributed by atoms with van der Waals surface area (Å²) in [7, 11) is 0. The van der Waals surface area contributed by atoms with E-state index in [1.165, 1.54) is 18.4 Å². The third-order valence-corrected chi connectivity index (χ3v) is 14.6. The number of aryl methyl sites for hydroxylation is 1. The van der Waals surface area contributed by atoms with Crippen LogP contribution in [0, 0.1) is 57.2 Å². The van der Waals surface area contributed by atoms with Crippen LogP contribution < -0.4 is 5.32 Å². The second-order valence-corrected chi connectivity index (χ2v) is 17.6. The van der Waals surface area contributed by atoms with Crippen molar-refractivity contribution in [1.82, 2.24) is 0 Å². The molecule has 1 N–H and O–H groups in total. The van der Waals surface area contributed by atoms with Crippen molar-refractivity contribution in [1.29, 1.82) is 0 Å². The Balaban J connectivity index is 1.37. The predicted octanol–water partition coefficient (Wildman–Crippen LogP) is 9.67. The number of rotatable bonds is 3. The van der Waals surface area contributed by atoms with Gasteiger partial charge >= 0.3 is 5.97 Å². The van der Waals surface area contributed by atoms with Crippen molar-refractivity contribution in [3.63, 3.8) is 0 Å². The Morgan fingerprint density at radius 3 is 2.19 bits per heavy atom. The van der Waals surface area contributed by atoms with Gasteiger partial charge in [0.1, 0.15) is 6.10 Å². The average molecular weight is 588 g/mol. The quantitative estimate of drug-likeness (QED) is 0.283. The standard InChI is InChI=1S/C39H57NO3/c1-25-10-12-27(13-11-25)40-33(42)39-22-20-34(3,4)24-29(39)28-14-15-31-36(7)18-17-32(43-26(2)41)35(5,6)30(36)16-19-38(31,9)37(28,8)21-23-39/h10-14,29-32H,15-24H2,1-9H3,(H,40,42)/t29-,30-,31+,32-,36-,37+,38+,39-/m0/s1. The molecule has 0 heterocycles. The summed E-state index contributed by atoms with van der Waals surface area (Å²) in [6.07, 6.45) is 13.5. The first kappa shape index (κ1) is 30.9. The Labute approximate surface area is 261 Å². The topological polar surface area (TPSA) is 55.4 Å². The summed E-state index contributed by atoms with van der Waals surface area (Å²) >= 11 is 0. The summed E-state index contributed by atoms with van der Waals surface area (Å²) in [5, 5.41) is 3.40. The fourth-order valence-corrected chi connectivity index (χ4v) is 11.9. The minimum atomic E-state index is -0.333. The summed E-state index contributed by atoms with van der Waals surface area (Å²) < 4.78 is 5.94. The van der Waals surface area contributed by atoms with Crippen molar-refractivity contribution in [3.05, 3.63) is 41.5 Å². The van der Waals surface area contributed by atoms with Crippen molar-refractivity contribution in [2.45, 2.75) is 133 Å². The lowest BCUT2D eigenvalue weighted by atomic mass is 9.33. The second kappa shape index (κ2) is 9.95. The van der Waals surface area contributed by atoms with Gasteiger partial charge in [-0.1, -0.05) is 77.8 Å². The van der Waals surface area contributed by atoms with Crippen LogP contribution in [0.5, 0.6) is 0 Å². The van der Waals surface area contributed by atoms with E-state index in [1.54, 1.807) is 12.5 Å². The van der Waals surface area contributed by atoms with Crippen LogP contribution in [-0.4, -0.2) is 18.0 Å². The fraction of sp³-hybridized carbons (Fsp3) is 0.744. The van der Waals surface area contributed by atoms with Gasteiger partial charge in [0.25, 0.3) is 0 Å². The van der Waals surface area contributed by atoms with Crippen LogP contribution in [0.4, 0.5) is 5.69 Å². The molecule has 4 heteroatoms. The van der Waals surface area contributed by atoms with Crippen LogP contribution in [0.2, 0.25) is 0 Å². The van der Waals surface area contributed by atoms with Gasteiger partial charge in [-0.25, -0.2) is 0 Å². The first-order valence-electron chi connectivity index (χ1n) is 17.2. The zero-order chi connectivity index (χ0) is 31.2. The zero-order valence-electron chi connectivity index (χ0n) is 28.5. The van der Waals surface area contributed by atoms with Gasteiger partial charge in [0.05, 0.1) is 5.41 Å². The molecule has 5 aliphatic rings. The number of anilines is 1. The lowest BCUT2D eigenvalue weighted by molar-refractivity contribution is -0.212. The Bertz CT molecular complexity index is 1320. The van der Waals surface area contributed by atoms with Crippen molar-refractivity contribution in [2.75, 3.05) is 5.32 Å². The summed E-state index contributed by atoms with van der Waals surface area (Å²) in [6, 6.07) is 8.30. The van der Waals surface area contributed by atoms with Crippen LogP contribution in [0.15, 0.2) is 35.9 Å². The normalized spacial score (nSPS) is 42.7. The molecule has 0 radical (unpaired) electrons. The molecule has 0 spiro atoms. The number of esters is 1. The lowest BCUT2D eigenvalue weighted by Crippen LogP contribution is -2.65. The molecule has 4 saturated carbocycles. The minimum absolute atomic E-state index is 0.00419. The predicted molar refractivity (Wildman–Crippen MR) is 174 cm³/mol. The van der Waals surface area contributed by atoms with Gasteiger partial charge in [0, 0.05) is 18.0 Å². The number of ether oxygens (including phenoxy) is 1. The summed E-state index contributed by atoms with van der Waals surface area (Å²) in [6.45, 7) is 21.0. The molecular formula is C39H57NO3. The first-order chi connectivity index (χ1) is 20.0. The van der Waals surface area contributed by atoms with E-state index < -0.39 is 0 Å². The molecule has 5 aliphatic carbocycles. The Hall–Kier alpha value is -2.10. The highest BCUT2D eigenvalue weighted by molar-refractivity contribution is 5.96. The monoisotopic (exact) mass is 587 g/mol. The average Bonchev–Trinajstić information content (AvgIpc) is 2.91. The molecule has 0 unspecified atom stereocenters. The molecule has 4 fully saturated rings. The van der Waals surface area contributed by atoms with Crippen molar-refractivity contribution in [2.24, 2.45) is 50.2 Å². The summed E-state index contributed by atoms with van der Waals surface area (Å²) in [5.74, 6) is 1.52.